The van der Waals surface area contributed by atoms with Crippen LogP contribution in [0.2, 0.25) is 5.02 Å². The third kappa shape index (κ3) is 7.87. The van der Waals surface area contributed by atoms with E-state index in [9.17, 15) is 22.8 Å². The van der Waals surface area contributed by atoms with Gasteiger partial charge in [0, 0.05) is 61.5 Å². The number of ether oxygens (including phenoxy) is 1. The number of hydrogen-bond donors (Lipinski definition) is 1. The summed E-state index contributed by atoms with van der Waals surface area (Å²) in [6, 6.07) is 6.33. The first-order valence-corrected chi connectivity index (χ1v) is 17.5. The lowest BCUT2D eigenvalue weighted by Gasteiger charge is -2.35. The van der Waals surface area contributed by atoms with Crippen LogP contribution < -0.4 is 4.72 Å². The molecule has 4 heterocycles. The Morgan fingerprint density at radius 1 is 1.14 bits per heavy atom. The molecule has 1 N–H and O–H groups in total. The largest absolute Gasteiger partial charge is 0.465 e. The molecule has 1 aromatic heterocycles. The maximum Gasteiger partial charge on any atom is 0.302 e. The lowest BCUT2D eigenvalue weighted by atomic mass is 10.1. The summed E-state index contributed by atoms with van der Waals surface area (Å²) < 4.78 is 35.0. The maximum atomic E-state index is 13.4. The molecule has 14 heteroatoms. The summed E-state index contributed by atoms with van der Waals surface area (Å²) in [5.41, 5.74) is 0. The summed E-state index contributed by atoms with van der Waals surface area (Å²) in [6.45, 7) is 6.16. The molecule has 0 radical (unpaired) electrons. The van der Waals surface area contributed by atoms with Gasteiger partial charge in [-0.2, -0.15) is 4.72 Å². The maximum absolute atomic E-state index is 13.4. The average molecular weight is 654 g/mol. The third-order valence-electron chi connectivity index (χ3n) is 8.66. The van der Waals surface area contributed by atoms with Gasteiger partial charge in [0.05, 0.1) is 6.54 Å². The minimum absolute atomic E-state index is 0.0452. The highest BCUT2D eigenvalue weighted by atomic mass is 35.5. The fourth-order valence-corrected chi connectivity index (χ4v) is 9.13. The van der Waals surface area contributed by atoms with Crippen molar-refractivity contribution in [3.63, 3.8) is 0 Å². The van der Waals surface area contributed by atoms with Gasteiger partial charge < -0.3 is 14.5 Å². The molecule has 43 heavy (non-hydrogen) atoms. The molecule has 1 aromatic carbocycles. The van der Waals surface area contributed by atoms with Crippen LogP contribution in [-0.4, -0.2) is 123 Å². The lowest BCUT2D eigenvalue weighted by molar-refractivity contribution is -0.143. The molecule has 0 spiro atoms. The molecule has 0 saturated carbocycles. The number of nitrogens with one attached hydrogen (secondary N) is 1. The van der Waals surface area contributed by atoms with Crippen LogP contribution in [0.4, 0.5) is 0 Å². The van der Waals surface area contributed by atoms with E-state index in [2.05, 4.69) is 14.5 Å². The zero-order chi connectivity index (χ0) is 30.7. The molecule has 3 fully saturated rings. The van der Waals surface area contributed by atoms with Gasteiger partial charge in [-0.3, -0.25) is 24.2 Å². The quantitative estimate of drug-likeness (QED) is 0.367. The molecule has 1 unspecified atom stereocenters. The molecule has 11 nitrogen and oxygen atoms in total. The van der Waals surface area contributed by atoms with Gasteiger partial charge >= 0.3 is 5.97 Å². The minimum atomic E-state index is -3.93. The molecule has 5 rings (SSSR count). The van der Waals surface area contributed by atoms with E-state index >= 15 is 0 Å². The molecule has 0 bridgehead atoms. The van der Waals surface area contributed by atoms with Crippen molar-refractivity contribution in [1.82, 2.24) is 24.3 Å². The van der Waals surface area contributed by atoms with E-state index in [1.807, 2.05) is 11.9 Å². The molecule has 3 saturated heterocycles. The highest BCUT2D eigenvalue weighted by Crippen LogP contribution is 2.31. The summed E-state index contributed by atoms with van der Waals surface area (Å²) in [7, 11) is -1.88. The molecule has 0 aliphatic carbocycles. The molecular weight excluding hydrogens is 614 g/mol. The van der Waals surface area contributed by atoms with Crippen LogP contribution in [0.25, 0.3) is 10.1 Å². The Balaban J connectivity index is 1.14. The second-order valence-electron chi connectivity index (χ2n) is 11.7. The number of amides is 2. The van der Waals surface area contributed by atoms with Crippen molar-refractivity contribution in [2.75, 3.05) is 59.5 Å². The predicted octanol–water partition coefficient (Wildman–Crippen LogP) is 2.38. The van der Waals surface area contributed by atoms with Crippen LogP contribution in [0, 0.1) is 0 Å². The normalized spacial score (nSPS) is 23.5. The lowest BCUT2D eigenvalue weighted by Crippen LogP contribution is -2.55. The molecule has 3 atom stereocenters. The van der Waals surface area contributed by atoms with Gasteiger partial charge in [-0.05, 0) is 75.3 Å². The summed E-state index contributed by atoms with van der Waals surface area (Å²) in [6.07, 6.45) is 3.86. The number of thiophene rings is 1. The first-order valence-electron chi connectivity index (χ1n) is 14.9. The summed E-state index contributed by atoms with van der Waals surface area (Å²) in [5, 5.41) is 1.26. The Morgan fingerprint density at radius 3 is 2.72 bits per heavy atom. The first kappa shape index (κ1) is 32.1. The highest BCUT2D eigenvalue weighted by molar-refractivity contribution is 7.91. The molecule has 236 valence electrons. The van der Waals surface area contributed by atoms with E-state index in [0.29, 0.717) is 50.1 Å². The first-order chi connectivity index (χ1) is 20.5. The number of likely N-dealkylation sites (N-methyl/N-ethyl adjacent to an activating group) is 1. The number of piperidine rings is 1. The van der Waals surface area contributed by atoms with Crippen LogP contribution in [-0.2, 0) is 29.1 Å². The molecule has 3 aliphatic rings. The van der Waals surface area contributed by atoms with Gasteiger partial charge in [-0.1, -0.05) is 11.6 Å². The summed E-state index contributed by atoms with van der Waals surface area (Å²) >= 11 is 7.19. The average Bonchev–Trinajstić information content (AvgIpc) is 3.71. The Hall–Kier alpha value is -2.29. The van der Waals surface area contributed by atoms with Crippen LogP contribution in [0.5, 0.6) is 0 Å². The molecule has 3 aliphatic heterocycles. The van der Waals surface area contributed by atoms with Gasteiger partial charge in [0.2, 0.25) is 11.8 Å². The van der Waals surface area contributed by atoms with Gasteiger partial charge in [0.25, 0.3) is 10.0 Å². The van der Waals surface area contributed by atoms with E-state index in [4.69, 9.17) is 16.3 Å². The van der Waals surface area contributed by atoms with E-state index in [1.54, 1.807) is 24.3 Å². The monoisotopic (exact) mass is 653 g/mol. The third-order valence-corrected chi connectivity index (χ3v) is 12.0. The van der Waals surface area contributed by atoms with Crippen molar-refractivity contribution in [3.05, 3.63) is 29.3 Å². The zero-order valence-electron chi connectivity index (χ0n) is 24.7. The number of carbonyl (C=O) groups excluding carboxylic acids is 3. The smallest absolute Gasteiger partial charge is 0.302 e. The number of nitrogens with zero attached hydrogens (tertiary/aromatic N) is 4. The Bertz CT molecular complexity index is 1450. The highest BCUT2D eigenvalue weighted by Gasteiger charge is 2.37. The number of likely N-dealkylation sites (tertiary alicyclic amines) is 3. The molecular formula is C29H40ClN5O6S2. The van der Waals surface area contributed by atoms with Crippen LogP contribution >= 0.6 is 22.9 Å². The van der Waals surface area contributed by atoms with Crippen molar-refractivity contribution < 1.29 is 27.5 Å². The van der Waals surface area contributed by atoms with Gasteiger partial charge in [-0.15, -0.1) is 11.3 Å². The van der Waals surface area contributed by atoms with Gasteiger partial charge in [0.1, 0.15) is 16.9 Å². The fraction of sp³-hybridized carbons (Fsp3) is 0.621. The summed E-state index contributed by atoms with van der Waals surface area (Å²) in [4.78, 5) is 45.9. The van der Waals surface area contributed by atoms with Crippen molar-refractivity contribution >= 4 is 60.8 Å². The number of halogens is 1. The number of fused-ring (bicyclic) bond motifs is 1. The molecule has 2 aromatic rings. The van der Waals surface area contributed by atoms with Gasteiger partial charge in [-0.25, -0.2) is 8.42 Å². The van der Waals surface area contributed by atoms with Crippen LogP contribution in [0.15, 0.2) is 28.5 Å². The van der Waals surface area contributed by atoms with E-state index in [-0.39, 0.29) is 34.6 Å². The van der Waals surface area contributed by atoms with E-state index < -0.39 is 16.1 Å². The van der Waals surface area contributed by atoms with Crippen LogP contribution in [0.1, 0.15) is 39.0 Å². The van der Waals surface area contributed by atoms with E-state index in [1.165, 1.54) is 11.8 Å². The van der Waals surface area contributed by atoms with Crippen LogP contribution in [0.3, 0.4) is 0 Å². The number of esters is 1. The Morgan fingerprint density at radius 2 is 1.93 bits per heavy atom. The zero-order valence-corrected chi connectivity index (χ0v) is 27.1. The Kier molecular flexibility index (Phi) is 10.3. The number of carbonyl (C=O) groups is 3. The SMILES string of the molecule is CC(=O)OCCN(C)C1CCN(C[C@@H]2CCCN2C(=O)CN2CCC[C@H](NS(=O)(=O)c3cc4cc(Cl)ccc4s3)C2=O)C1. The number of benzene rings is 1. The van der Waals surface area contributed by atoms with Crippen molar-refractivity contribution in [2.45, 2.75) is 61.4 Å². The second-order valence-corrected chi connectivity index (χ2v) is 15.2. The fourth-order valence-electron chi connectivity index (χ4n) is 6.33. The second kappa shape index (κ2) is 13.8. The molecule has 2 amide bonds. The van der Waals surface area contributed by atoms with Crippen molar-refractivity contribution in [3.8, 4) is 0 Å². The predicted molar refractivity (Wildman–Crippen MR) is 166 cm³/mol. The minimum Gasteiger partial charge on any atom is -0.465 e. The Labute approximate surface area is 262 Å². The number of hydrogen-bond acceptors (Lipinski definition) is 9. The number of rotatable bonds is 11. The topological polar surface area (TPSA) is 120 Å². The van der Waals surface area contributed by atoms with Crippen molar-refractivity contribution in [1.29, 1.82) is 0 Å². The summed E-state index contributed by atoms with van der Waals surface area (Å²) in [5.74, 6) is -0.717. The number of sulfonamides is 1. The standard InChI is InChI=1S/C29H40ClN5O6S2/c1-20(36)41-14-13-32(2)23-9-12-33(17-23)18-24-5-3-11-35(24)27(37)19-34-10-4-6-25(29(34)38)31-43(39,40)28-16-21-15-22(30)7-8-26(21)42-28/h7-8,15-16,23-25,31H,3-6,9-14,17-19H2,1-2H3/t23?,24-,25-/m0/s1. The van der Waals surface area contributed by atoms with E-state index in [0.717, 1.165) is 60.3 Å². The van der Waals surface area contributed by atoms with Crippen molar-refractivity contribution in [2.24, 2.45) is 0 Å². The van der Waals surface area contributed by atoms with Gasteiger partial charge in [0.15, 0.2) is 0 Å².